The number of primary amides is 1. The van der Waals surface area contributed by atoms with Crippen LogP contribution in [-0.4, -0.2) is 5.91 Å². The minimum absolute atomic E-state index is 0.514. The van der Waals surface area contributed by atoms with Crippen molar-refractivity contribution in [1.29, 1.82) is 0 Å². The van der Waals surface area contributed by atoms with Crippen LogP contribution in [0.5, 0.6) is 0 Å². The second-order valence-electron chi connectivity index (χ2n) is 2.51. The average molecular weight is 197 g/mol. The van der Waals surface area contributed by atoms with Gasteiger partial charge in [0.2, 0.25) is 5.91 Å². The predicted octanol–water partition coefficient (Wildman–Crippen LogP) is 1.42. The van der Waals surface area contributed by atoms with Gasteiger partial charge in [0, 0.05) is 16.8 Å². The third kappa shape index (κ3) is 2.80. The summed E-state index contributed by atoms with van der Waals surface area (Å²) >= 11 is 5.73. The van der Waals surface area contributed by atoms with Crippen molar-refractivity contribution < 1.29 is 4.79 Å². The Morgan fingerprint density at radius 3 is 2.77 bits per heavy atom. The quantitative estimate of drug-likeness (QED) is 0.555. The van der Waals surface area contributed by atoms with Crippen molar-refractivity contribution in [2.45, 2.75) is 0 Å². The van der Waals surface area contributed by atoms with Gasteiger partial charge in [-0.1, -0.05) is 11.6 Å². The van der Waals surface area contributed by atoms with Crippen LogP contribution in [-0.2, 0) is 4.79 Å². The molecule has 1 aromatic carbocycles. The summed E-state index contributed by atoms with van der Waals surface area (Å²) in [6, 6.07) is 5.01. The SMILES string of the molecule is NC(=O)C=Cc1cc(Cl)ccc1N. The molecule has 0 aromatic heterocycles. The van der Waals surface area contributed by atoms with Gasteiger partial charge in [0.1, 0.15) is 0 Å². The summed E-state index contributed by atoms with van der Waals surface area (Å²) in [5.41, 5.74) is 11.8. The lowest BCUT2D eigenvalue weighted by molar-refractivity contribution is -0.113. The Morgan fingerprint density at radius 2 is 2.15 bits per heavy atom. The van der Waals surface area contributed by atoms with Gasteiger partial charge < -0.3 is 11.5 Å². The molecule has 0 spiro atoms. The van der Waals surface area contributed by atoms with Crippen LogP contribution in [0.4, 0.5) is 5.69 Å². The minimum atomic E-state index is -0.514. The van der Waals surface area contributed by atoms with Gasteiger partial charge in [-0.05, 0) is 29.8 Å². The molecule has 4 heteroatoms. The lowest BCUT2D eigenvalue weighted by Gasteiger charge is -1.99. The second-order valence-corrected chi connectivity index (χ2v) is 2.95. The van der Waals surface area contributed by atoms with Crippen LogP contribution >= 0.6 is 11.6 Å². The molecule has 68 valence electrons. The van der Waals surface area contributed by atoms with Crippen molar-refractivity contribution in [3.63, 3.8) is 0 Å². The van der Waals surface area contributed by atoms with Crippen molar-refractivity contribution >= 4 is 29.3 Å². The Bertz CT molecular complexity index is 361. The fourth-order valence-corrected chi connectivity index (χ4v) is 1.04. The number of carbonyl (C=O) groups excluding carboxylic acids is 1. The minimum Gasteiger partial charge on any atom is -0.398 e. The molecule has 0 aliphatic rings. The zero-order chi connectivity index (χ0) is 9.84. The van der Waals surface area contributed by atoms with E-state index >= 15 is 0 Å². The Balaban J connectivity index is 3.00. The average Bonchev–Trinajstić information content (AvgIpc) is 2.06. The first-order valence-electron chi connectivity index (χ1n) is 3.62. The van der Waals surface area contributed by atoms with E-state index in [1.165, 1.54) is 12.2 Å². The summed E-state index contributed by atoms with van der Waals surface area (Å²) in [5, 5.41) is 0.568. The number of rotatable bonds is 2. The Labute approximate surface area is 81.0 Å². The zero-order valence-corrected chi connectivity index (χ0v) is 7.58. The van der Waals surface area contributed by atoms with Crippen LogP contribution in [0.15, 0.2) is 24.3 Å². The molecule has 1 rings (SSSR count). The molecule has 0 radical (unpaired) electrons. The highest BCUT2D eigenvalue weighted by molar-refractivity contribution is 6.30. The first-order chi connectivity index (χ1) is 6.09. The summed E-state index contributed by atoms with van der Waals surface area (Å²) in [6.07, 6.45) is 2.77. The summed E-state index contributed by atoms with van der Waals surface area (Å²) in [6.45, 7) is 0. The van der Waals surface area contributed by atoms with E-state index in [4.69, 9.17) is 23.1 Å². The van der Waals surface area contributed by atoms with Crippen LogP contribution in [0.1, 0.15) is 5.56 Å². The first kappa shape index (κ1) is 9.61. The van der Waals surface area contributed by atoms with E-state index < -0.39 is 5.91 Å². The molecule has 0 atom stereocenters. The Hall–Kier alpha value is -1.48. The molecule has 0 saturated carbocycles. The zero-order valence-electron chi connectivity index (χ0n) is 6.83. The molecule has 1 aromatic rings. The van der Waals surface area contributed by atoms with Crippen LogP contribution in [0, 0.1) is 0 Å². The normalized spacial score (nSPS) is 10.5. The van der Waals surface area contributed by atoms with Gasteiger partial charge in [-0.3, -0.25) is 4.79 Å². The molecule has 0 aliphatic carbocycles. The molecule has 3 nitrogen and oxygen atoms in total. The van der Waals surface area contributed by atoms with E-state index in [0.29, 0.717) is 16.3 Å². The van der Waals surface area contributed by atoms with Crippen LogP contribution in [0.3, 0.4) is 0 Å². The molecule has 0 heterocycles. The fourth-order valence-electron chi connectivity index (χ4n) is 0.862. The monoisotopic (exact) mass is 196 g/mol. The van der Waals surface area contributed by atoms with Crippen molar-refractivity contribution in [2.24, 2.45) is 5.73 Å². The largest absolute Gasteiger partial charge is 0.398 e. The molecule has 0 fully saturated rings. The van der Waals surface area contributed by atoms with E-state index in [9.17, 15) is 4.79 Å². The molecule has 13 heavy (non-hydrogen) atoms. The van der Waals surface area contributed by atoms with Crippen LogP contribution in [0.2, 0.25) is 5.02 Å². The number of halogens is 1. The van der Waals surface area contributed by atoms with Gasteiger partial charge in [0.05, 0.1) is 0 Å². The Kier molecular flexibility index (Phi) is 2.93. The maximum atomic E-state index is 10.4. The molecular formula is C9H9ClN2O. The van der Waals surface area contributed by atoms with Gasteiger partial charge in [-0.25, -0.2) is 0 Å². The van der Waals surface area contributed by atoms with Crippen molar-refractivity contribution in [3.05, 3.63) is 34.9 Å². The van der Waals surface area contributed by atoms with Crippen LogP contribution < -0.4 is 11.5 Å². The van der Waals surface area contributed by atoms with E-state index in [2.05, 4.69) is 0 Å². The van der Waals surface area contributed by atoms with Gasteiger partial charge >= 0.3 is 0 Å². The fraction of sp³-hybridized carbons (Fsp3) is 0. The number of amides is 1. The Morgan fingerprint density at radius 1 is 1.46 bits per heavy atom. The first-order valence-corrected chi connectivity index (χ1v) is 4.00. The highest BCUT2D eigenvalue weighted by Gasteiger charge is 1.96. The van der Waals surface area contributed by atoms with E-state index in [1.54, 1.807) is 18.2 Å². The summed E-state index contributed by atoms with van der Waals surface area (Å²) in [4.78, 5) is 10.4. The smallest absolute Gasteiger partial charge is 0.241 e. The number of nitrogens with two attached hydrogens (primary N) is 2. The maximum absolute atomic E-state index is 10.4. The molecule has 0 bridgehead atoms. The third-order valence-corrected chi connectivity index (χ3v) is 1.71. The maximum Gasteiger partial charge on any atom is 0.241 e. The van der Waals surface area contributed by atoms with E-state index in [1.807, 2.05) is 0 Å². The highest BCUT2D eigenvalue weighted by atomic mass is 35.5. The van der Waals surface area contributed by atoms with Gasteiger partial charge in [0.15, 0.2) is 0 Å². The third-order valence-electron chi connectivity index (χ3n) is 1.48. The molecule has 0 unspecified atom stereocenters. The molecule has 0 aliphatic heterocycles. The van der Waals surface area contributed by atoms with Gasteiger partial charge in [-0.15, -0.1) is 0 Å². The predicted molar refractivity (Wildman–Crippen MR) is 54.1 cm³/mol. The molecular weight excluding hydrogens is 188 g/mol. The standard InChI is InChI=1S/C9H9ClN2O/c10-7-2-3-8(11)6(5-7)1-4-9(12)13/h1-5H,11H2,(H2,12,13). The number of anilines is 1. The molecule has 4 N–H and O–H groups in total. The molecule has 1 amide bonds. The lowest BCUT2D eigenvalue weighted by atomic mass is 10.1. The van der Waals surface area contributed by atoms with E-state index in [0.717, 1.165) is 0 Å². The number of hydrogen-bond donors (Lipinski definition) is 2. The van der Waals surface area contributed by atoms with Crippen LogP contribution in [0.25, 0.3) is 6.08 Å². The summed E-state index contributed by atoms with van der Waals surface area (Å²) < 4.78 is 0. The number of hydrogen-bond acceptors (Lipinski definition) is 2. The number of benzene rings is 1. The topological polar surface area (TPSA) is 69.1 Å². The van der Waals surface area contributed by atoms with E-state index in [-0.39, 0.29) is 0 Å². The highest BCUT2D eigenvalue weighted by Crippen LogP contribution is 2.18. The summed E-state index contributed by atoms with van der Waals surface area (Å²) in [7, 11) is 0. The van der Waals surface area contributed by atoms with Gasteiger partial charge in [-0.2, -0.15) is 0 Å². The van der Waals surface area contributed by atoms with Crippen molar-refractivity contribution in [2.75, 3.05) is 5.73 Å². The van der Waals surface area contributed by atoms with Crippen molar-refractivity contribution in [3.8, 4) is 0 Å². The van der Waals surface area contributed by atoms with Gasteiger partial charge in [0.25, 0.3) is 0 Å². The number of nitrogen functional groups attached to an aromatic ring is 1. The van der Waals surface area contributed by atoms with Crippen molar-refractivity contribution in [1.82, 2.24) is 0 Å². The lowest BCUT2D eigenvalue weighted by Crippen LogP contribution is -2.05. The second kappa shape index (κ2) is 3.96. The number of carbonyl (C=O) groups is 1. The molecule has 0 saturated heterocycles. The summed E-state index contributed by atoms with van der Waals surface area (Å²) in [5.74, 6) is -0.514.